The molecule has 1 aromatic heterocycles. The largest absolute Gasteiger partial charge is 0.493 e. The van der Waals surface area contributed by atoms with Gasteiger partial charge in [0.2, 0.25) is 0 Å². The standard InChI is InChI=1S/C16H20N2O2S/c1-4-8-18-16(15(20-3)10-17-18)14(19)11-21-13-7-5-6-12(2)9-13/h5-7,9-10H,4,8,11H2,1-3H3. The number of carbonyl (C=O) groups is 1. The molecule has 1 aromatic carbocycles. The van der Waals surface area contributed by atoms with E-state index in [1.54, 1.807) is 29.8 Å². The molecule has 0 fully saturated rings. The van der Waals surface area contributed by atoms with Crippen molar-refractivity contribution in [2.75, 3.05) is 12.9 Å². The Bertz CT molecular complexity index is 622. The number of Topliss-reactive ketones (excluding diaryl/α,β-unsaturated/α-hetero) is 1. The zero-order chi connectivity index (χ0) is 15.2. The van der Waals surface area contributed by atoms with Crippen molar-refractivity contribution in [1.29, 1.82) is 0 Å². The molecular weight excluding hydrogens is 284 g/mol. The second-order valence-corrected chi connectivity index (χ2v) is 5.86. The van der Waals surface area contributed by atoms with Crippen LogP contribution in [0.2, 0.25) is 0 Å². The lowest BCUT2D eigenvalue weighted by Gasteiger charge is -2.07. The number of aromatic nitrogens is 2. The van der Waals surface area contributed by atoms with Gasteiger partial charge in [-0.25, -0.2) is 0 Å². The van der Waals surface area contributed by atoms with Gasteiger partial charge in [0, 0.05) is 11.4 Å². The Morgan fingerprint density at radius 3 is 2.90 bits per heavy atom. The number of thioether (sulfide) groups is 1. The lowest BCUT2D eigenvalue weighted by molar-refractivity contribution is 0.100. The molecule has 0 N–H and O–H groups in total. The molecular formula is C16H20N2O2S. The second kappa shape index (κ2) is 7.31. The molecule has 0 unspecified atom stereocenters. The van der Waals surface area contributed by atoms with E-state index in [4.69, 9.17) is 4.74 Å². The van der Waals surface area contributed by atoms with Crippen LogP contribution in [0.1, 0.15) is 29.4 Å². The molecule has 4 nitrogen and oxygen atoms in total. The van der Waals surface area contributed by atoms with E-state index in [2.05, 4.69) is 18.1 Å². The Labute approximate surface area is 129 Å². The summed E-state index contributed by atoms with van der Waals surface area (Å²) in [5.41, 5.74) is 1.76. The Morgan fingerprint density at radius 1 is 1.43 bits per heavy atom. The van der Waals surface area contributed by atoms with Gasteiger partial charge < -0.3 is 4.74 Å². The number of hydrogen-bond donors (Lipinski definition) is 0. The molecule has 0 bridgehead atoms. The van der Waals surface area contributed by atoms with Crippen molar-refractivity contribution >= 4 is 17.5 Å². The van der Waals surface area contributed by atoms with Gasteiger partial charge in [0.05, 0.1) is 19.1 Å². The van der Waals surface area contributed by atoms with Gasteiger partial charge in [0.25, 0.3) is 0 Å². The normalized spacial score (nSPS) is 10.6. The monoisotopic (exact) mass is 304 g/mol. The van der Waals surface area contributed by atoms with Gasteiger partial charge in [-0.15, -0.1) is 11.8 Å². The van der Waals surface area contributed by atoms with E-state index in [0.717, 1.165) is 17.9 Å². The number of nitrogens with zero attached hydrogens (tertiary/aromatic N) is 2. The van der Waals surface area contributed by atoms with Gasteiger partial charge in [0.15, 0.2) is 11.5 Å². The highest BCUT2D eigenvalue weighted by Gasteiger charge is 2.19. The van der Waals surface area contributed by atoms with Gasteiger partial charge in [-0.3, -0.25) is 9.48 Å². The lowest BCUT2D eigenvalue weighted by atomic mass is 10.2. The SMILES string of the molecule is CCCn1ncc(OC)c1C(=O)CSc1cccc(C)c1. The first-order chi connectivity index (χ1) is 10.2. The second-order valence-electron chi connectivity index (χ2n) is 4.81. The molecule has 0 aliphatic heterocycles. The zero-order valence-corrected chi connectivity index (χ0v) is 13.4. The van der Waals surface area contributed by atoms with E-state index >= 15 is 0 Å². The fourth-order valence-corrected chi connectivity index (χ4v) is 2.98. The minimum absolute atomic E-state index is 0.0457. The van der Waals surface area contributed by atoms with Crippen molar-refractivity contribution < 1.29 is 9.53 Å². The first-order valence-electron chi connectivity index (χ1n) is 6.98. The van der Waals surface area contributed by atoms with E-state index in [-0.39, 0.29) is 5.78 Å². The summed E-state index contributed by atoms with van der Waals surface area (Å²) < 4.78 is 6.99. The number of carbonyl (C=O) groups excluding carboxylic acids is 1. The lowest BCUT2D eigenvalue weighted by Crippen LogP contribution is -2.13. The average molecular weight is 304 g/mol. The third kappa shape index (κ3) is 3.88. The molecule has 0 atom stereocenters. The average Bonchev–Trinajstić information content (AvgIpc) is 2.88. The van der Waals surface area contributed by atoms with Gasteiger partial charge in [0.1, 0.15) is 5.69 Å². The summed E-state index contributed by atoms with van der Waals surface area (Å²) in [6, 6.07) is 8.15. The number of ketones is 1. The number of hydrogen-bond acceptors (Lipinski definition) is 4. The predicted molar refractivity (Wildman–Crippen MR) is 85.3 cm³/mol. The number of methoxy groups -OCH3 is 1. The minimum Gasteiger partial charge on any atom is -0.493 e. The fraction of sp³-hybridized carbons (Fsp3) is 0.375. The van der Waals surface area contributed by atoms with Crippen molar-refractivity contribution in [1.82, 2.24) is 9.78 Å². The predicted octanol–water partition coefficient (Wildman–Crippen LogP) is 3.59. The van der Waals surface area contributed by atoms with Crippen molar-refractivity contribution in [3.63, 3.8) is 0 Å². The van der Waals surface area contributed by atoms with Gasteiger partial charge >= 0.3 is 0 Å². The Kier molecular flexibility index (Phi) is 5.44. The van der Waals surface area contributed by atoms with E-state index < -0.39 is 0 Å². The highest BCUT2D eigenvalue weighted by atomic mass is 32.2. The van der Waals surface area contributed by atoms with Crippen LogP contribution < -0.4 is 4.74 Å². The molecule has 0 spiro atoms. The summed E-state index contributed by atoms with van der Waals surface area (Å²) in [6.07, 6.45) is 2.54. The molecule has 0 radical (unpaired) electrons. The van der Waals surface area contributed by atoms with Crippen molar-refractivity contribution in [2.45, 2.75) is 31.7 Å². The molecule has 0 aliphatic carbocycles. The summed E-state index contributed by atoms with van der Waals surface area (Å²) in [5.74, 6) is 0.984. The first kappa shape index (κ1) is 15.6. The third-order valence-corrected chi connectivity index (χ3v) is 4.08. The van der Waals surface area contributed by atoms with Gasteiger partial charge in [-0.1, -0.05) is 24.6 Å². The quantitative estimate of drug-likeness (QED) is 0.579. The van der Waals surface area contributed by atoms with Crippen LogP contribution in [-0.4, -0.2) is 28.4 Å². The molecule has 0 amide bonds. The van der Waals surface area contributed by atoms with E-state index in [1.165, 1.54) is 5.56 Å². The van der Waals surface area contributed by atoms with Crippen LogP contribution in [0.5, 0.6) is 5.75 Å². The highest BCUT2D eigenvalue weighted by Crippen LogP contribution is 2.24. The van der Waals surface area contributed by atoms with Gasteiger partial charge in [-0.05, 0) is 25.5 Å². The van der Waals surface area contributed by atoms with Crippen molar-refractivity contribution in [3.8, 4) is 5.75 Å². The van der Waals surface area contributed by atoms with Crippen LogP contribution in [0.25, 0.3) is 0 Å². The summed E-state index contributed by atoms with van der Waals surface area (Å²) in [4.78, 5) is 13.6. The first-order valence-corrected chi connectivity index (χ1v) is 7.96. The maximum absolute atomic E-state index is 12.5. The van der Waals surface area contributed by atoms with Crippen LogP contribution in [0, 0.1) is 6.92 Å². The third-order valence-electron chi connectivity index (χ3n) is 3.08. The fourth-order valence-electron chi connectivity index (χ4n) is 2.10. The molecule has 112 valence electrons. The summed E-state index contributed by atoms with van der Waals surface area (Å²) in [5, 5.41) is 4.23. The molecule has 1 heterocycles. The van der Waals surface area contributed by atoms with Crippen molar-refractivity contribution in [3.05, 3.63) is 41.7 Å². The Balaban J connectivity index is 2.11. The molecule has 0 aliphatic rings. The smallest absolute Gasteiger partial charge is 0.194 e. The van der Waals surface area contributed by atoms with Crippen LogP contribution in [0.15, 0.2) is 35.4 Å². The number of ether oxygens (including phenoxy) is 1. The Morgan fingerprint density at radius 2 is 2.24 bits per heavy atom. The minimum atomic E-state index is 0.0457. The van der Waals surface area contributed by atoms with E-state index in [1.807, 2.05) is 25.1 Å². The number of aryl methyl sites for hydroxylation is 2. The van der Waals surface area contributed by atoms with Crippen LogP contribution in [0.3, 0.4) is 0 Å². The molecule has 2 aromatic rings. The summed E-state index contributed by atoms with van der Waals surface area (Å²) >= 11 is 1.54. The van der Waals surface area contributed by atoms with Crippen LogP contribution in [-0.2, 0) is 6.54 Å². The molecule has 0 saturated carbocycles. The van der Waals surface area contributed by atoms with Gasteiger partial charge in [-0.2, -0.15) is 5.10 Å². The van der Waals surface area contributed by atoms with Crippen LogP contribution in [0.4, 0.5) is 0 Å². The zero-order valence-electron chi connectivity index (χ0n) is 12.6. The summed E-state index contributed by atoms with van der Waals surface area (Å²) in [6.45, 7) is 4.83. The number of rotatable bonds is 7. The topological polar surface area (TPSA) is 44.1 Å². The molecule has 21 heavy (non-hydrogen) atoms. The molecule has 5 heteroatoms. The summed E-state index contributed by atoms with van der Waals surface area (Å²) in [7, 11) is 1.57. The molecule has 2 rings (SSSR count). The maximum atomic E-state index is 12.5. The van der Waals surface area contributed by atoms with Crippen molar-refractivity contribution in [2.24, 2.45) is 0 Å². The van der Waals surface area contributed by atoms with Crippen LogP contribution >= 0.6 is 11.8 Å². The number of benzene rings is 1. The van der Waals surface area contributed by atoms with E-state index in [0.29, 0.717) is 17.2 Å². The van der Waals surface area contributed by atoms with E-state index in [9.17, 15) is 4.79 Å². The highest BCUT2D eigenvalue weighted by molar-refractivity contribution is 8.00. The molecule has 0 saturated heterocycles. The maximum Gasteiger partial charge on any atom is 0.194 e. The Hall–Kier alpha value is -1.75.